The third-order valence-corrected chi connectivity index (χ3v) is 5.76. The molecule has 16 heavy (non-hydrogen) atoms. The first-order chi connectivity index (χ1) is 7.38. The van der Waals surface area contributed by atoms with Crippen LogP contribution < -0.4 is 0 Å². The predicted octanol–water partition coefficient (Wildman–Crippen LogP) is 5.32. The zero-order chi connectivity index (χ0) is 12.0. The van der Waals surface area contributed by atoms with Crippen LogP contribution in [0.15, 0.2) is 11.1 Å². The van der Waals surface area contributed by atoms with Gasteiger partial charge in [-0.25, -0.2) is 0 Å². The fourth-order valence-electron chi connectivity index (χ4n) is 3.68. The summed E-state index contributed by atoms with van der Waals surface area (Å²) in [5.41, 5.74) is 4.53. The third kappa shape index (κ3) is 2.12. The van der Waals surface area contributed by atoms with Crippen molar-refractivity contribution in [3.8, 4) is 0 Å². The summed E-state index contributed by atoms with van der Waals surface area (Å²) in [5.74, 6) is 0.837. The van der Waals surface area contributed by atoms with Gasteiger partial charge in [-0.2, -0.15) is 0 Å². The lowest BCUT2D eigenvalue weighted by Gasteiger charge is -2.51. The van der Waals surface area contributed by atoms with Crippen LogP contribution in [0.1, 0.15) is 59.8 Å². The Morgan fingerprint density at radius 2 is 1.88 bits per heavy atom. The van der Waals surface area contributed by atoms with Crippen LogP contribution >= 0.6 is 15.9 Å². The Morgan fingerprint density at radius 3 is 2.50 bits per heavy atom. The Morgan fingerprint density at radius 1 is 1.19 bits per heavy atom. The first kappa shape index (κ1) is 12.7. The Labute approximate surface area is 109 Å². The van der Waals surface area contributed by atoms with Gasteiger partial charge >= 0.3 is 0 Å². The predicted molar refractivity (Wildman–Crippen MR) is 75.0 cm³/mol. The minimum absolute atomic E-state index is 0.551. The number of halogens is 1. The van der Waals surface area contributed by atoms with Gasteiger partial charge in [-0.05, 0) is 55.8 Å². The summed E-state index contributed by atoms with van der Waals surface area (Å²) in [7, 11) is 0. The second-order valence-electron chi connectivity index (χ2n) is 7.01. The van der Waals surface area contributed by atoms with E-state index in [-0.39, 0.29) is 0 Å². The molecule has 2 rings (SSSR count). The molecule has 0 heterocycles. The molecule has 1 saturated carbocycles. The van der Waals surface area contributed by atoms with Crippen molar-refractivity contribution in [3.63, 3.8) is 0 Å². The van der Waals surface area contributed by atoms with Crippen molar-refractivity contribution in [2.45, 2.75) is 59.8 Å². The summed E-state index contributed by atoms with van der Waals surface area (Å²) in [6.45, 7) is 9.77. The van der Waals surface area contributed by atoms with Crippen LogP contribution in [0.4, 0.5) is 0 Å². The van der Waals surface area contributed by atoms with E-state index in [1.54, 1.807) is 11.1 Å². The molecular formula is C15H25Br. The van der Waals surface area contributed by atoms with E-state index in [4.69, 9.17) is 0 Å². The Bertz CT molecular complexity index is 313. The van der Waals surface area contributed by atoms with Gasteiger partial charge in [0.05, 0.1) is 0 Å². The molecule has 0 aromatic heterocycles. The minimum Gasteiger partial charge on any atom is -0.0880 e. The summed E-state index contributed by atoms with van der Waals surface area (Å²) in [6, 6.07) is 0. The molecule has 2 aliphatic carbocycles. The van der Waals surface area contributed by atoms with Gasteiger partial charge in [0.15, 0.2) is 0 Å². The molecule has 1 fully saturated rings. The highest BCUT2D eigenvalue weighted by atomic mass is 79.9. The van der Waals surface area contributed by atoms with Gasteiger partial charge in [0, 0.05) is 5.33 Å². The highest BCUT2D eigenvalue weighted by Crippen LogP contribution is 2.56. The van der Waals surface area contributed by atoms with Gasteiger partial charge < -0.3 is 0 Å². The fourth-order valence-corrected chi connectivity index (χ4v) is 4.55. The SMILES string of the molecule is CC1=C(CBr)[C@@H]2CC(C)(C)CC[C@]2(C)CC1. The van der Waals surface area contributed by atoms with Gasteiger partial charge in [-0.1, -0.05) is 47.8 Å². The van der Waals surface area contributed by atoms with Gasteiger partial charge in [0.25, 0.3) is 0 Å². The first-order valence-corrected chi connectivity index (χ1v) is 7.75. The Hall–Kier alpha value is 0.220. The standard InChI is InChI=1S/C15H25Br/c1-11-5-6-15(4)8-7-14(2,3)9-13(15)12(11)10-16/h13H,5-10H2,1-4H3/t13-,15-/m0/s1. The van der Waals surface area contributed by atoms with Gasteiger partial charge in [0.1, 0.15) is 0 Å². The van der Waals surface area contributed by atoms with Crippen molar-refractivity contribution in [1.29, 1.82) is 0 Å². The van der Waals surface area contributed by atoms with E-state index in [0.29, 0.717) is 10.8 Å². The van der Waals surface area contributed by atoms with Crippen molar-refractivity contribution in [2.24, 2.45) is 16.7 Å². The van der Waals surface area contributed by atoms with Crippen LogP contribution in [-0.4, -0.2) is 5.33 Å². The summed E-state index contributed by atoms with van der Waals surface area (Å²) < 4.78 is 0. The largest absolute Gasteiger partial charge is 0.0880 e. The Kier molecular flexibility index (Phi) is 3.29. The van der Waals surface area contributed by atoms with E-state index >= 15 is 0 Å². The average molecular weight is 285 g/mol. The number of fused-ring (bicyclic) bond motifs is 1. The van der Waals surface area contributed by atoms with Crippen molar-refractivity contribution in [1.82, 2.24) is 0 Å². The van der Waals surface area contributed by atoms with E-state index in [9.17, 15) is 0 Å². The van der Waals surface area contributed by atoms with Crippen molar-refractivity contribution >= 4 is 15.9 Å². The summed E-state index contributed by atoms with van der Waals surface area (Å²) in [5, 5.41) is 1.09. The minimum atomic E-state index is 0.551. The number of allylic oxidation sites excluding steroid dienone is 2. The number of alkyl halides is 1. The highest BCUT2D eigenvalue weighted by Gasteiger charge is 2.45. The molecule has 0 aliphatic heterocycles. The number of hydrogen-bond donors (Lipinski definition) is 0. The molecule has 0 aromatic carbocycles. The molecule has 0 saturated heterocycles. The monoisotopic (exact) mass is 284 g/mol. The first-order valence-electron chi connectivity index (χ1n) is 6.62. The maximum absolute atomic E-state index is 3.72. The summed E-state index contributed by atoms with van der Waals surface area (Å²) >= 11 is 3.72. The Balaban J connectivity index is 2.33. The van der Waals surface area contributed by atoms with Crippen LogP contribution in [0.5, 0.6) is 0 Å². The molecule has 0 bridgehead atoms. The topological polar surface area (TPSA) is 0 Å². The van der Waals surface area contributed by atoms with E-state index in [1.807, 2.05) is 0 Å². The molecule has 2 atom stereocenters. The molecule has 0 nitrogen and oxygen atoms in total. The van der Waals surface area contributed by atoms with Crippen LogP contribution in [0, 0.1) is 16.7 Å². The third-order valence-electron chi connectivity index (χ3n) is 5.15. The zero-order valence-electron chi connectivity index (χ0n) is 11.2. The molecule has 0 amide bonds. The van der Waals surface area contributed by atoms with Crippen LogP contribution in [0.3, 0.4) is 0 Å². The van der Waals surface area contributed by atoms with Crippen LogP contribution in [0.25, 0.3) is 0 Å². The van der Waals surface area contributed by atoms with E-state index in [0.717, 1.165) is 11.2 Å². The van der Waals surface area contributed by atoms with Gasteiger partial charge in [-0.3, -0.25) is 0 Å². The molecular weight excluding hydrogens is 260 g/mol. The van der Waals surface area contributed by atoms with Crippen molar-refractivity contribution < 1.29 is 0 Å². The van der Waals surface area contributed by atoms with Crippen LogP contribution in [-0.2, 0) is 0 Å². The smallest absolute Gasteiger partial charge is 0.0247 e. The maximum atomic E-state index is 3.72. The van der Waals surface area contributed by atoms with E-state index < -0.39 is 0 Å². The second-order valence-corrected chi connectivity index (χ2v) is 7.57. The van der Waals surface area contributed by atoms with Crippen molar-refractivity contribution in [2.75, 3.05) is 5.33 Å². The normalized spacial score (nSPS) is 38.4. The summed E-state index contributed by atoms with van der Waals surface area (Å²) in [4.78, 5) is 0. The molecule has 2 aliphatic rings. The number of hydrogen-bond acceptors (Lipinski definition) is 0. The molecule has 0 unspecified atom stereocenters. The number of rotatable bonds is 1. The molecule has 0 aromatic rings. The average Bonchev–Trinajstić information content (AvgIpc) is 2.21. The zero-order valence-corrected chi connectivity index (χ0v) is 12.8. The van der Waals surface area contributed by atoms with Gasteiger partial charge in [0.2, 0.25) is 0 Å². The highest BCUT2D eigenvalue weighted by molar-refractivity contribution is 9.09. The molecule has 0 radical (unpaired) electrons. The van der Waals surface area contributed by atoms with Crippen molar-refractivity contribution in [3.05, 3.63) is 11.1 Å². The lowest BCUT2D eigenvalue weighted by Crippen LogP contribution is -2.41. The lowest BCUT2D eigenvalue weighted by molar-refractivity contribution is 0.0469. The van der Waals surface area contributed by atoms with E-state index in [1.165, 1.54) is 32.1 Å². The maximum Gasteiger partial charge on any atom is 0.0247 e. The summed E-state index contributed by atoms with van der Waals surface area (Å²) in [6.07, 6.45) is 6.97. The van der Waals surface area contributed by atoms with Gasteiger partial charge in [-0.15, -0.1) is 0 Å². The molecule has 92 valence electrons. The second kappa shape index (κ2) is 4.15. The van der Waals surface area contributed by atoms with Crippen LogP contribution in [0.2, 0.25) is 0 Å². The molecule has 0 N–H and O–H groups in total. The molecule has 0 spiro atoms. The molecule has 1 heteroatoms. The fraction of sp³-hybridized carbons (Fsp3) is 0.867. The quantitative estimate of drug-likeness (QED) is 0.451. The van der Waals surface area contributed by atoms with E-state index in [2.05, 4.69) is 43.6 Å². The lowest BCUT2D eigenvalue weighted by atomic mass is 9.54.